The second kappa shape index (κ2) is 8.64. The van der Waals surface area contributed by atoms with E-state index < -0.39 is 21.8 Å². The number of rotatable bonds is 6. The molecule has 29 heavy (non-hydrogen) atoms. The Hall–Kier alpha value is -2.23. The van der Waals surface area contributed by atoms with Gasteiger partial charge in [-0.15, -0.1) is 11.3 Å². The average molecular weight is 439 g/mol. The van der Waals surface area contributed by atoms with Gasteiger partial charge in [-0.2, -0.15) is 0 Å². The van der Waals surface area contributed by atoms with Crippen LogP contribution in [0.1, 0.15) is 34.6 Å². The van der Waals surface area contributed by atoms with Gasteiger partial charge in [0.2, 0.25) is 0 Å². The molecule has 0 bridgehead atoms. The van der Waals surface area contributed by atoms with Crippen LogP contribution in [0.4, 0.5) is 10.1 Å². The van der Waals surface area contributed by atoms with Gasteiger partial charge in [0.05, 0.1) is 18.4 Å². The maximum atomic E-state index is 13.4. The van der Waals surface area contributed by atoms with E-state index in [9.17, 15) is 17.6 Å². The maximum absolute atomic E-state index is 13.4. The third-order valence-corrected chi connectivity index (χ3v) is 7.69. The van der Waals surface area contributed by atoms with Crippen LogP contribution in [-0.4, -0.2) is 39.5 Å². The molecule has 1 N–H and O–H groups in total. The Morgan fingerprint density at radius 3 is 2.79 bits per heavy atom. The number of anilines is 1. The lowest BCUT2D eigenvalue weighted by Gasteiger charge is -2.26. The number of fused-ring (bicyclic) bond motifs is 1. The minimum atomic E-state index is -4.08. The Kier molecular flexibility index (Phi) is 6.40. The number of methoxy groups -OCH3 is 1. The molecule has 0 unspecified atom stereocenters. The number of sulfonamides is 1. The lowest BCUT2D eigenvalue weighted by atomic mass is 10.0. The van der Waals surface area contributed by atoms with Gasteiger partial charge in [0.1, 0.15) is 5.82 Å². The number of carbonyl (C=O) groups is 1. The van der Waals surface area contributed by atoms with E-state index >= 15 is 0 Å². The molecule has 2 aromatic rings. The first-order chi connectivity index (χ1) is 13.7. The van der Waals surface area contributed by atoms with Crippen molar-refractivity contribution in [3.05, 3.63) is 57.7 Å². The Morgan fingerprint density at radius 2 is 2.14 bits per heavy atom. The number of thiophene rings is 1. The van der Waals surface area contributed by atoms with E-state index in [2.05, 4.69) is 15.7 Å². The van der Waals surface area contributed by atoms with Crippen molar-refractivity contribution >= 4 is 33.0 Å². The molecule has 156 valence electrons. The number of benzene rings is 1. The van der Waals surface area contributed by atoms with Crippen LogP contribution in [0.5, 0.6) is 0 Å². The van der Waals surface area contributed by atoms with Crippen LogP contribution in [-0.2, 0) is 27.7 Å². The van der Waals surface area contributed by atoms with Crippen LogP contribution >= 0.6 is 11.3 Å². The number of hydrogen-bond acceptors (Lipinski definition) is 6. The summed E-state index contributed by atoms with van der Waals surface area (Å²) in [4.78, 5) is 15.5. The number of ether oxygens (including phenoxy) is 1. The highest BCUT2D eigenvalue weighted by Crippen LogP contribution is 2.37. The van der Waals surface area contributed by atoms with Gasteiger partial charge in [-0.3, -0.25) is 9.62 Å². The van der Waals surface area contributed by atoms with Crippen LogP contribution in [0.25, 0.3) is 0 Å². The van der Waals surface area contributed by atoms with Gasteiger partial charge < -0.3 is 4.74 Å². The molecular formula is C20H23FN2O4S2. The number of nitrogens with zero attached hydrogens (tertiary/aromatic N) is 1. The van der Waals surface area contributed by atoms with Crippen molar-refractivity contribution in [2.24, 2.45) is 0 Å². The minimum Gasteiger partial charge on any atom is -0.465 e. The maximum Gasteiger partial charge on any atom is 0.340 e. The van der Waals surface area contributed by atoms with Gasteiger partial charge >= 0.3 is 5.97 Å². The van der Waals surface area contributed by atoms with Crippen molar-refractivity contribution in [3.63, 3.8) is 0 Å². The van der Waals surface area contributed by atoms with Gasteiger partial charge in [0, 0.05) is 24.5 Å². The molecule has 0 saturated carbocycles. The van der Waals surface area contributed by atoms with E-state index in [0.29, 0.717) is 19.5 Å². The molecule has 1 aliphatic rings. The van der Waals surface area contributed by atoms with Crippen molar-refractivity contribution in [1.82, 2.24) is 4.90 Å². The molecule has 9 heteroatoms. The molecule has 2 heterocycles. The molecule has 0 fully saturated rings. The molecule has 1 aliphatic heterocycles. The molecule has 0 aliphatic carbocycles. The van der Waals surface area contributed by atoms with E-state index in [1.54, 1.807) is 0 Å². The van der Waals surface area contributed by atoms with Crippen molar-refractivity contribution in [2.45, 2.75) is 31.0 Å². The van der Waals surface area contributed by atoms with Crippen molar-refractivity contribution < 1.29 is 22.3 Å². The Morgan fingerprint density at radius 1 is 1.38 bits per heavy atom. The zero-order valence-corrected chi connectivity index (χ0v) is 18.1. The topological polar surface area (TPSA) is 75.7 Å². The average Bonchev–Trinajstić information content (AvgIpc) is 3.05. The predicted molar refractivity (Wildman–Crippen MR) is 111 cm³/mol. The van der Waals surface area contributed by atoms with E-state index in [-0.39, 0.29) is 15.5 Å². The highest BCUT2D eigenvalue weighted by atomic mass is 32.2. The van der Waals surface area contributed by atoms with Crippen molar-refractivity contribution in [1.29, 1.82) is 0 Å². The fourth-order valence-corrected chi connectivity index (χ4v) is 6.13. The molecule has 0 amide bonds. The largest absolute Gasteiger partial charge is 0.465 e. The molecule has 0 saturated heterocycles. The van der Waals surface area contributed by atoms with E-state index in [1.165, 1.54) is 30.9 Å². The summed E-state index contributed by atoms with van der Waals surface area (Å²) in [5.41, 5.74) is 2.10. The lowest BCUT2D eigenvalue weighted by Crippen LogP contribution is -2.30. The van der Waals surface area contributed by atoms with Gasteiger partial charge in [0.15, 0.2) is 4.21 Å². The van der Waals surface area contributed by atoms with Gasteiger partial charge in [0.25, 0.3) is 10.0 Å². The smallest absolute Gasteiger partial charge is 0.340 e. The van der Waals surface area contributed by atoms with Gasteiger partial charge in [-0.1, -0.05) is 17.7 Å². The summed E-state index contributed by atoms with van der Waals surface area (Å²) in [5, 5.41) is 0. The van der Waals surface area contributed by atoms with Crippen LogP contribution in [0.3, 0.4) is 0 Å². The molecule has 1 aromatic heterocycles. The number of halogens is 1. The predicted octanol–water partition coefficient (Wildman–Crippen LogP) is 3.80. The molecule has 0 atom stereocenters. The van der Waals surface area contributed by atoms with Crippen LogP contribution < -0.4 is 4.72 Å². The second-order valence-electron chi connectivity index (χ2n) is 7.04. The molecule has 0 radical (unpaired) electrons. The highest BCUT2D eigenvalue weighted by Gasteiger charge is 2.34. The standard InChI is InChI=1S/C20H23FN2O4S2/c1-13(2)7-9-23-10-8-16-17(12-23)28-20(18(16)19(24)27-3)29(25,26)22-15-6-4-5-14(21)11-15/h4-7,11,22H,8-10,12H2,1-3H3. The minimum absolute atomic E-state index is 0.0817. The summed E-state index contributed by atoms with van der Waals surface area (Å²) < 4.78 is 46.6. The summed E-state index contributed by atoms with van der Waals surface area (Å²) in [6.45, 7) is 6.09. The van der Waals surface area contributed by atoms with Crippen LogP contribution in [0.2, 0.25) is 0 Å². The Labute approximate surface area is 174 Å². The fraction of sp³-hybridized carbons (Fsp3) is 0.350. The van der Waals surface area contributed by atoms with E-state index in [1.807, 2.05) is 13.8 Å². The number of nitrogens with one attached hydrogen (secondary N) is 1. The third-order valence-electron chi connectivity index (χ3n) is 4.57. The van der Waals surface area contributed by atoms with E-state index in [0.717, 1.165) is 34.4 Å². The van der Waals surface area contributed by atoms with Gasteiger partial charge in [-0.05, 0) is 44.0 Å². The third kappa shape index (κ3) is 4.85. The summed E-state index contributed by atoms with van der Waals surface area (Å²) >= 11 is 1.07. The van der Waals surface area contributed by atoms with Crippen LogP contribution in [0.15, 0.2) is 40.1 Å². The summed E-state index contributed by atoms with van der Waals surface area (Å²) in [6.07, 6.45) is 2.67. The molecule has 1 aromatic carbocycles. The molecular weight excluding hydrogens is 415 g/mol. The zero-order chi connectivity index (χ0) is 21.2. The van der Waals surface area contributed by atoms with E-state index in [4.69, 9.17) is 4.74 Å². The summed E-state index contributed by atoms with van der Waals surface area (Å²) in [6, 6.07) is 5.18. The molecule has 3 rings (SSSR count). The summed E-state index contributed by atoms with van der Waals surface area (Å²) in [7, 11) is -2.85. The Balaban J connectivity index is 1.98. The van der Waals surface area contributed by atoms with Crippen LogP contribution in [0, 0.1) is 5.82 Å². The Bertz CT molecular complexity index is 1060. The number of carbonyl (C=O) groups excluding carboxylic acids is 1. The number of esters is 1. The normalized spacial score (nSPS) is 14.2. The monoisotopic (exact) mass is 438 g/mol. The lowest BCUT2D eigenvalue weighted by molar-refractivity contribution is 0.0595. The SMILES string of the molecule is COC(=O)c1c(S(=O)(=O)Nc2cccc(F)c2)sc2c1CCN(CC=C(C)C)C2. The summed E-state index contributed by atoms with van der Waals surface area (Å²) in [5.74, 6) is -1.24. The first-order valence-electron chi connectivity index (χ1n) is 9.08. The first kappa shape index (κ1) is 21.5. The van der Waals surface area contributed by atoms with Gasteiger partial charge in [-0.25, -0.2) is 17.6 Å². The quantitative estimate of drug-likeness (QED) is 0.548. The first-order valence-corrected chi connectivity index (χ1v) is 11.4. The molecule has 6 nitrogen and oxygen atoms in total. The fourth-order valence-electron chi connectivity index (χ4n) is 3.15. The number of allylic oxidation sites excluding steroid dienone is 1. The number of hydrogen-bond donors (Lipinski definition) is 1. The highest BCUT2D eigenvalue weighted by molar-refractivity contribution is 7.94. The molecule has 0 spiro atoms. The van der Waals surface area contributed by atoms with Crippen molar-refractivity contribution in [2.75, 3.05) is 24.9 Å². The van der Waals surface area contributed by atoms with Crippen molar-refractivity contribution in [3.8, 4) is 0 Å². The zero-order valence-electron chi connectivity index (χ0n) is 16.5. The second-order valence-corrected chi connectivity index (χ2v) is 10.0.